The third kappa shape index (κ3) is 4.21. The fraction of sp³-hybridized carbons (Fsp3) is 0.148. The van der Waals surface area contributed by atoms with E-state index in [-0.39, 0.29) is 11.7 Å². The number of nitrogens with zero attached hydrogens (tertiary/aromatic N) is 4. The maximum atomic E-state index is 10.6. The van der Waals surface area contributed by atoms with Crippen molar-refractivity contribution in [3.63, 3.8) is 0 Å². The smallest absolute Gasteiger partial charge is 0.204 e. The number of benzene rings is 3. The number of aliphatic hydroxyl groups excluding tert-OH is 1. The normalized spacial score (nSPS) is 13.1. The van der Waals surface area contributed by atoms with Gasteiger partial charge in [0.25, 0.3) is 0 Å². The van der Waals surface area contributed by atoms with Gasteiger partial charge in [0.2, 0.25) is 6.23 Å². The van der Waals surface area contributed by atoms with Crippen LogP contribution >= 0.6 is 0 Å². The van der Waals surface area contributed by atoms with Crippen LogP contribution in [0.3, 0.4) is 0 Å². The topological polar surface area (TPSA) is 99.1 Å². The molecule has 0 aliphatic carbocycles. The van der Waals surface area contributed by atoms with E-state index in [1.54, 1.807) is 17.8 Å². The summed E-state index contributed by atoms with van der Waals surface area (Å²) in [6.07, 6.45) is 1.35. The molecule has 2 atom stereocenters. The molecular formula is C27H25N5O2. The number of aromatic nitrogens is 4. The second-order valence-corrected chi connectivity index (χ2v) is 8.16. The zero-order chi connectivity index (χ0) is 23.5. The van der Waals surface area contributed by atoms with Crippen molar-refractivity contribution in [2.24, 2.45) is 0 Å². The van der Waals surface area contributed by atoms with E-state index in [0.29, 0.717) is 16.9 Å². The Morgan fingerprint density at radius 1 is 0.824 bits per heavy atom. The van der Waals surface area contributed by atoms with E-state index in [0.717, 1.165) is 5.56 Å². The van der Waals surface area contributed by atoms with Gasteiger partial charge in [-0.25, -0.2) is 15.0 Å². The lowest BCUT2D eigenvalue weighted by Gasteiger charge is -2.24. The number of nitrogen functional groups attached to an aromatic ring is 1. The van der Waals surface area contributed by atoms with Gasteiger partial charge >= 0.3 is 0 Å². The zero-order valence-electron chi connectivity index (χ0n) is 18.7. The van der Waals surface area contributed by atoms with Gasteiger partial charge < -0.3 is 15.6 Å². The number of ether oxygens (including phenoxy) is 1. The fourth-order valence-corrected chi connectivity index (χ4v) is 4.22. The first kappa shape index (κ1) is 21.6. The minimum atomic E-state index is -0.837. The van der Waals surface area contributed by atoms with Gasteiger partial charge in [-0.1, -0.05) is 72.8 Å². The van der Waals surface area contributed by atoms with Gasteiger partial charge in [0, 0.05) is 5.92 Å². The van der Waals surface area contributed by atoms with E-state index in [1.165, 1.54) is 17.5 Å². The van der Waals surface area contributed by atoms with Crippen LogP contribution in [0.5, 0.6) is 5.75 Å². The Morgan fingerprint density at radius 2 is 1.47 bits per heavy atom. The Hall–Kier alpha value is -4.23. The summed E-state index contributed by atoms with van der Waals surface area (Å²) >= 11 is 0. The molecule has 0 amide bonds. The van der Waals surface area contributed by atoms with E-state index >= 15 is 0 Å². The van der Waals surface area contributed by atoms with Crippen LogP contribution in [0.25, 0.3) is 11.2 Å². The van der Waals surface area contributed by atoms with Crippen molar-refractivity contribution < 1.29 is 9.84 Å². The third-order valence-electron chi connectivity index (χ3n) is 5.79. The Balaban J connectivity index is 1.53. The van der Waals surface area contributed by atoms with Crippen molar-refractivity contribution >= 4 is 17.0 Å². The molecular weight excluding hydrogens is 426 g/mol. The Bertz CT molecular complexity index is 1350. The molecule has 0 saturated heterocycles. The van der Waals surface area contributed by atoms with Gasteiger partial charge in [-0.3, -0.25) is 4.57 Å². The number of imidazole rings is 1. The molecule has 5 aromatic rings. The number of fused-ring (bicyclic) bond motifs is 1. The largest absolute Gasteiger partial charge is 0.467 e. The highest BCUT2D eigenvalue weighted by Crippen LogP contribution is 2.34. The van der Waals surface area contributed by atoms with E-state index in [2.05, 4.69) is 45.3 Å². The van der Waals surface area contributed by atoms with Crippen LogP contribution < -0.4 is 10.5 Å². The molecule has 0 aliphatic rings. The number of anilines is 1. The standard InChI is InChI=1S/C27H25N5O2/c1-18(33)27(32-17-31-24-25(28)29-16-30-26(24)32)34-22-14-8-13-21(15-22)23(19-9-4-2-5-10-19)20-11-6-3-7-12-20/h2-18,23,27,33H,1H3,(H2,28,29,30)/t18?,27-/m0/s1. The minimum Gasteiger partial charge on any atom is -0.467 e. The number of aliphatic hydroxyl groups is 1. The molecule has 0 aliphatic heterocycles. The van der Waals surface area contributed by atoms with Crippen molar-refractivity contribution in [3.8, 4) is 5.75 Å². The van der Waals surface area contributed by atoms with E-state index in [9.17, 15) is 5.11 Å². The van der Waals surface area contributed by atoms with Crippen LogP contribution in [-0.2, 0) is 0 Å². The molecule has 0 fully saturated rings. The first-order chi connectivity index (χ1) is 16.6. The predicted molar refractivity (Wildman–Crippen MR) is 131 cm³/mol. The highest BCUT2D eigenvalue weighted by molar-refractivity contribution is 5.81. The van der Waals surface area contributed by atoms with E-state index in [1.807, 2.05) is 54.6 Å². The first-order valence-electron chi connectivity index (χ1n) is 11.1. The molecule has 0 saturated carbocycles. The van der Waals surface area contributed by atoms with Gasteiger partial charge in [0.15, 0.2) is 11.5 Å². The number of nitrogens with two attached hydrogens (primary N) is 1. The molecule has 0 bridgehead atoms. The summed E-state index contributed by atoms with van der Waals surface area (Å²) in [4.78, 5) is 12.6. The molecule has 0 spiro atoms. The van der Waals surface area contributed by atoms with Crippen LogP contribution in [-0.4, -0.2) is 30.7 Å². The average molecular weight is 452 g/mol. The van der Waals surface area contributed by atoms with Gasteiger partial charge in [0.05, 0.1) is 0 Å². The highest BCUT2D eigenvalue weighted by atomic mass is 16.5. The molecule has 1 unspecified atom stereocenters. The fourth-order valence-electron chi connectivity index (χ4n) is 4.22. The number of hydrogen-bond acceptors (Lipinski definition) is 6. The molecule has 7 nitrogen and oxygen atoms in total. The van der Waals surface area contributed by atoms with Crippen LogP contribution in [0.4, 0.5) is 5.82 Å². The number of rotatable bonds is 7. The summed E-state index contributed by atoms with van der Waals surface area (Å²) in [6, 6.07) is 28.7. The molecule has 170 valence electrons. The van der Waals surface area contributed by atoms with Crippen molar-refractivity contribution in [2.75, 3.05) is 5.73 Å². The molecule has 3 N–H and O–H groups in total. The maximum Gasteiger partial charge on any atom is 0.204 e. The Morgan fingerprint density at radius 3 is 2.12 bits per heavy atom. The van der Waals surface area contributed by atoms with Gasteiger partial charge in [0.1, 0.15) is 30.0 Å². The first-order valence-corrected chi connectivity index (χ1v) is 11.1. The SMILES string of the molecule is CC(O)[C@H](Oc1cccc(C(c2ccccc2)c2ccccc2)c1)n1cnc2c(N)ncnc21. The second kappa shape index (κ2) is 9.33. The third-order valence-corrected chi connectivity index (χ3v) is 5.79. The molecule has 34 heavy (non-hydrogen) atoms. The lowest BCUT2D eigenvalue weighted by Crippen LogP contribution is -2.26. The quantitative estimate of drug-likeness (QED) is 0.352. The van der Waals surface area contributed by atoms with E-state index < -0.39 is 12.3 Å². The Kier molecular flexibility index (Phi) is 5.93. The lowest BCUT2D eigenvalue weighted by atomic mass is 9.85. The minimum absolute atomic E-state index is 0.0394. The van der Waals surface area contributed by atoms with Gasteiger partial charge in [-0.2, -0.15) is 0 Å². The molecule has 7 heteroatoms. The van der Waals surface area contributed by atoms with Crippen LogP contribution in [0.1, 0.15) is 35.8 Å². The van der Waals surface area contributed by atoms with Crippen molar-refractivity contribution in [1.82, 2.24) is 19.5 Å². The van der Waals surface area contributed by atoms with Crippen LogP contribution in [0, 0.1) is 0 Å². The zero-order valence-corrected chi connectivity index (χ0v) is 18.7. The van der Waals surface area contributed by atoms with Gasteiger partial charge in [-0.05, 0) is 35.7 Å². The summed E-state index contributed by atoms with van der Waals surface area (Å²) in [7, 11) is 0. The summed E-state index contributed by atoms with van der Waals surface area (Å²) in [5.41, 5.74) is 10.4. The lowest BCUT2D eigenvalue weighted by molar-refractivity contribution is 0.00343. The summed E-state index contributed by atoms with van der Waals surface area (Å²) < 4.78 is 7.98. The molecule has 5 rings (SSSR count). The van der Waals surface area contributed by atoms with Gasteiger partial charge in [-0.15, -0.1) is 0 Å². The van der Waals surface area contributed by atoms with Crippen molar-refractivity contribution in [3.05, 3.63) is 114 Å². The van der Waals surface area contributed by atoms with Crippen LogP contribution in [0.2, 0.25) is 0 Å². The molecule has 0 radical (unpaired) electrons. The van der Waals surface area contributed by atoms with E-state index in [4.69, 9.17) is 10.5 Å². The molecule has 2 heterocycles. The maximum absolute atomic E-state index is 10.6. The van der Waals surface area contributed by atoms with Crippen molar-refractivity contribution in [1.29, 1.82) is 0 Å². The molecule has 3 aromatic carbocycles. The summed E-state index contributed by atoms with van der Waals surface area (Å²) in [6.45, 7) is 1.67. The predicted octanol–water partition coefficient (Wildman–Crippen LogP) is 4.55. The highest BCUT2D eigenvalue weighted by Gasteiger charge is 2.24. The second-order valence-electron chi connectivity index (χ2n) is 8.16. The van der Waals surface area contributed by atoms with Crippen LogP contribution in [0.15, 0.2) is 97.6 Å². The summed E-state index contributed by atoms with van der Waals surface area (Å²) in [5.74, 6) is 0.949. The molecule has 2 aromatic heterocycles. The summed E-state index contributed by atoms with van der Waals surface area (Å²) in [5, 5.41) is 10.6. The number of hydrogen-bond donors (Lipinski definition) is 2. The average Bonchev–Trinajstić information content (AvgIpc) is 3.29. The Labute approximate surface area is 197 Å². The van der Waals surface area contributed by atoms with Crippen molar-refractivity contribution in [2.45, 2.75) is 25.2 Å². The monoisotopic (exact) mass is 451 g/mol.